The molecule has 0 saturated carbocycles. The molecular formula is C13H19N2O2. The average molecular weight is 235 g/mol. The van der Waals surface area contributed by atoms with Crippen LogP contribution in [0.4, 0.5) is 0 Å². The Balaban J connectivity index is 1.87. The predicted octanol–water partition coefficient (Wildman–Crippen LogP) is 1.22. The second kappa shape index (κ2) is 5.36. The van der Waals surface area contributed by atoms with Gasteiger partial charge < -0.3 is 14.6 Å². The fourth-order valence-corrected chi connectivity index (χ4v) is 2.20. The van der Waals surface area contributed by atoms with E-state index >= 15 is 0 Å². The summed E-state index contributed by atoms with van der Waals surface area (Å²) < 4.78 is 5.23. The first-order chi connectivity index (χ1) is 8.18. The Labute approximate surface area is 102 Å². The lowest BCUT2D eigenvalue weighted by Crippen LogP contribution is -2.40. The molecular weight excluding hydrogens is 216 g/mol. The number of ether oxygens (including phenoxy) is 1. The van der Waals surface area contributed by atoms with Crippen LogP contribution in [0.25, 0.3) is 0 Å². The molecule has 1 saturated heterocycles. The monoisotopic (exact) mass is 235 g/mol. The van der Waals surface area contributed by atoms with E-state index in [1.807, 2.05) is 18.7 Å². The van der Waals surface area contributed by atoms with Gasteiger partial charge in [0.25, 0.3) is 0 Å². The number of nitrogens with one attached hydrogen (secondary N) is 1. The van der Waals surface area contributed by atoms with Crippen molar-refractivity contribution in [2.45, 2.75) is 26.7 Å². The first-order valence-corrected chi connectivity index (χ1v) is 6.09. The van der Waals surface area contributed by atoms with Crippen molar-refractivity contribution in [2.24, 2.45) is 0 Å². The van der Waals surface area contributed by atoms with E-state index in [2.05, 4.69) is 11.2 Å². The molecule has 0 unspecified atom stereocenters. The van der Waals surface area contributed by atoms with Crippen LogP contribution >= 0.6 is 0 Å². The third kappa shape index (κ3) is 2.88. The summed E-state index contributed by atoms with van der Waals surface area (Å²) in [4.78, 5) is 16.9. The van der Waals surface area contributed by atoms with Crippen LogP contribution in [0.5, 0.6) is 0 Å². The zero-order chi connectivity index (χ0) is 12.3. The standard InChI is InChI=1S/C13H19N2O2/c1-10-9-14-11(2)12(10)3-4-13(16)15-5-7-17-8-6-15/h14H,3-8H2,1-2H3. The number of aromatic nitrogens is 1. The van der Waals surface area contributed by atoms with Crippen molar-refractivity contribution in [3.05, 3.63) is 23.0 Å². The van der Waals surface area contributed by atoms with Gasteiger partial charge in [0.1, 0.15) is 0 Å². The van der Waals surface area contributed by atoms with Crippen LogP contribution in [0.2, 0.25) is 0 Å². The van der Waals surface area contributed by atoms with Crippen molar-refractivity contribution >= 4 is 5.91 Å². The molecule has 0 aromatic carbocycles. The maximum Gasteiger partial charge on any atom is 0.223 e. The number of nitrogens with zero attached hydrogens (tertiary/aromatic N) is 1. The highest BCUT2D eigenvalue weighted by Crippen LogP contribution is 2.14. The summed E-state index contributed by atoms with van der Waals surface area (Å²) in [5.74, 6) is 0.230. The molecule has 0 bridgehead atoms. The summed E-state index contributed by atoms with van der Waals surface area (Å²) in [5.41, 5.74) is 3.47. The van der Waals surface area contributed by atoms with E-state index in [4.69, 9.17) is 4.74 Å². The molecule has 1 aromatic rings. The Kier molecular flexibility index (Phi) is 3.84. The number of aromatic amines is 1. The van der Waals surface area contributed by atoms with Gasteiger partial charge in [0.15, 0.2) is 0 Å². The molecule has 0 spiro atoms. The van der Waals surface area contributed by atoms with Crippen molar-refractivity contribution in [1.82, 2.24) is 9.88 Å². The van der Waals surface area contributed by atoms with Gasteiger partial charge in [-0.3, -0.25) is 4.79 Å². The first-order valence-electron chi connectivity index (χ1n) is 6.09. The number of H-pyrrole nitrogens is 1. The van der Waals surface area contributed by atoms with Gasteiger partial charge >= 0.3 is 0 Å². The van der Waals surface area contributed by atoms with E-state index in [0.29, 0.717) is 19.6 Å². The van der Waals surface area contributed by atoms with E-state index in [1.54, 1.807) is 0 Å². The smallest absolute Gasteiger partial charge is 0.223 e. The summed E-state index contributed by atoms with van der Waals surface area (Å²) in [6, 6.07) is 0. The largest absolute Gasteiger partial charge is 0.378 e. The number of rotatable bonds is 3. The highest BCUT2D eigenvalue weighted by molar-refractivity contribution is 5.76. The summed E-state index contributed by atoms with van der Waals surface area (Å²) >= 11 is 0. The van der Waals surface area contributed by atoms with E-state index in [9.17, 15) is 4.79 Å². The molecule has 0 aliphatic carbocycles. The zero-order valence-corrected chi connectivity index (χ0v) is 10.5. The lowest BCUT2D eigenvalue weighted by Gasteiger charge is -2.26. The van der Waals surface area contributed by atoms with Crippen molar-refractivity contribution in [1.29, 1.82) is 0 Å². The van der Waals surface area contributed by atoms with Crippen molar-refractivity contribution in [3.63, 3.8) is 0 Å². The van der Waals surface area contributed by atoms with Crippen LogP contribution in [-0.2, 0) is 16.0 Å². The van der Waals surface area contributed by atoms with E-state index in [-0.39, 0.29) is 5.91 Å². The lowest BCUT2D eigenvalue weighted by molar-refractivity contribution is -0.135. The molecule has 4 nitrogen and oxygen atoms in total. The SMILES string of the molecule is Cc1[c][nH]c(C)c1CCC(=O)N1CCOCC1. The second-order valence-electron chi connectivity index (χ2n) is 4.47. The molecule has 1 aliphatic heterocycles. The van der Waals surface area contributed by atoms with E-state index < -0.39 is 0 Å². The fourth-order valence-electron chi connectivity index (χ4n) is 2.20. The maximum atomic E-state index is 12.0. The molecule has 4 heteroatoms. The quantitative estimate of drug-likeness (QED) is 0.856. The van der Waals surface area contributed by atoms with Gasteiger partial charge in [0.2, 0.25) is 5.91 Å². The molecule has 1 amide bonds. The van der Waals surface area contributed by atoms with Crippen molar-refractivity contribution < 1.29 is 9.53 Å². The second-order valence-corrected chi connectivity index (χ2v) is 4.47. The Morgan fingerprint density at radius 1 is 1.41 bits per heavy atom. The molecule has 93 valence electrons. The van der Waals surface area contributed by atoms with Gasteiger partial charge in [-0.1, -0.05) is 0 Å². The van der Waals surface area contributed by atoms with Gasteiger partial charge in [-0.15, -0.1) is 0 Å². The molecule has 17 heavy (non-hydrogen) atoms. The highest BCUT2D eigenvalue weighted by Gasteiger charge is 2.17. The zero-order valence-electron chi connectivity index (χ0n) is 10.5. The number of hydrogen-bond donors (Lipinski definition) is 1. The van der Waals surface area contributed by atoms with Crippen LogP contribution in [0.3, 0.4) is 0 Å². The minimum atomic E-state index is 0.230. The number of morpholine rings is 1. The van der Waals surface area contributed by atoms with Crippen molar-refractivity contribution in [3.8, 4) is 0 Å². The van der Waals surface area contributed by atoms with Crippen LogP contribution < -0.4 is 0 Å². The maximum absolute atomic E-state index is 12.0. The molecule has 1 aromatic heterocycles. The van der Waals surface area contributed by atoms with Gasteiger partial charge in [0, 0.05) is 25.2 Å². The third-order valence-electron chi connectivity index (χ3n) is 3.30. The minimum absolute atomic E-state index is 0.230. The summed E-state index contributed by atoms with van der Waals surface area (Å²) in [7, 11) is 0. The van der Waals surface area contributed by atoms with Gasteiger partial charge in [-0.25, -0.2) is 0 Å². The third-order valence-corrected chi connectivity index (χ3v) is 3.30. The van der Waals surface area contributed by atoms with Crippen LogP contribution in [0.1, 0.15) is 23.2 Å². The average Bonchev–Trinajstić information content (AvgIpc) is 2.67. The first kappa shape index (κ1) is 12.2. The normalized spacial score (nSPS) is 16.2. The summed E-state index contributed by atoms with van der Waals surface area (Å²) in [6.07, 6.45) is 4.45. The fraction of sp³-hybridized carbons (Fsp3) is 0.615. The Hall–Kier alpha value is -1.29. The van der Waals surface area contributed by atoms with Crippen LogP contribution in [-0.4, -0.2) is 42.1 Å². The molecule has 1 N–H and O–H groups in total. The van der Waals surface area contributed by atoms with Gasteiger partial charge in [-0.2, -0.15) is 0 Å². The minimum Gasteiger partial charge on any atom is -0.378 e. The number of carbonyl (C=O) groups excluding carboxylic acids is 1. The molecule has 1 aliphatic rings. The molecule has 2 heterocycles. The Morgan fingerprint density at radius 3 is 2.71 bits per heavy atom. The predicted molar refractivity (Wildman–Crippen MR) is 64.8 cm³/mol. The number of hydrogen-bond acceptors (Lipinski definition) is 2. The number of aryl methyl sites for hydroxylation is 2. The Bertz CT molecular complexity index is 373. The number of carbonyl (C=O) groups is 1. The van der Waals surface area contributed by atoms with E-state index in [0.717, 1.165) is 30.8 Å². The number of amides is 1. The Morgan fingerprint density at radius 2 is 2.12 bits per heavy atom. The van der Waals surface area contributed by atoms with Crippen LogP contribution in [0.15, 0.2) is 0 Å². The highest BCUT2D eigenvalue weighted by atomic mass is 16.5. The molecule has 1 radical (unpaired) electrons. The molecule has 2 rings (SSSR count). The van der Waals surface area contributed by atoms with Crippen LogP contribution in [0, 0.1) is 20.0 Å². The van der Waals surface area contributed by atoms with Gasteiger partial charge in [-0.05, 0) is 31.4 Å². The molecule has 0 atom stereocenters. The summed E-state index contributed by atoms with van der Waals surface area (Å²) in [6.45, 7) is 6.85. The summed E-state index contributed by atoms with van der Waals surface area (Å²) in [5, 5.41) is 0. The van der Waals surface area contributed by atoms with Crippen molar-refractivity contribution in [2.75, 3.05) is 26.3 Å². The lowest BCUT2D eigenvalue weighted by atomic mass is 10.1. The molecule has 1 fully saturated rings. The van der Waals surface area contributed by atoms with E-state index in [1.165, 1.54) is 5.56 Å². The van der Waals surface area contributed by atoms with Gasteiger partial charge in [0.05, 0.1) is 19.4 Å². The topological polar surface area (TPSA) is 45.3 Å².